The average molecular weight is 266 g/mol. The molecule has 0 saturated carbocycles. The highest BCUT2D eigenvalue weighted by atomic mass is 35.5. The van der Waals surface area contributed by atoms with Crippen LogP contribution in [0.5, 0.6) is 5.75 Å². The first-order chi connectivity index (χ1) is 8.60. The van der Waals surface area contributed by atoms with Crippen LogP contribution < -0.4 is 10.5 Å². The van der Waals surface area contributed by atoms with Crippen molar-refractivity contribution >= 4 is 11.6 Å². The standard InChI is InChI=1S/C13H16ClN3O/c1-8(2)18-13-4-3-9(5-11(13)14)12-6-10(7-15)16-17-12/h3-6,8H,7,15H2,1-2H3,(H,16,17). The summed E-state index contributed by atoms with van der Waals surface area (Å²) < 4.78 is 5.58. The second-order valence-corrected chi connectivity index (χ2v) is 4.70. The third-order valence-corrected chi connectivity index (χ3v) is 2.74. The summed E-state index contributed by atoms with van der Waals surface area (Å²) in [5.41, 5.74) is 8.19. The van der Waals surface area contributed by atoms with Crippen LogP contribution in [-0.2, 0) is 6.54 Å². The maximum atomic E-state index is 6.18. The van der Waals surface area contributed by atoms with E-state index in [9.17, 15) is 0 Å². The number of halogens is 1. The molecule has 3 N–H and O–H groups in total. The summed E-state index contributed by atoms with van der Waals surface area (Å²) >= 11 is 6.18. The van der Waals surface area contributed by atoms with Gasteiger partial charge >= 0.3 is 0 Å². The first-order valence-corrected chi connectivity index (χ1v) is 6.19. The van der Waals surface area contributed by atoms with Gasteiger partial charge in [0.1, 0.15) is 5.75 Å². The van der Waals surface area contributed by atoms with Gasteiger partial charge in [-0.25, -0.2) is 0 Å². The van der Waals surface area contributed by atoms with E-state index >= 15 is 0 Å². The number of nitrogens with zero attached hydrogens (tertiary/aromatic N) is 1. The lowest BCUT2D eigenvalue weighted by atomic mass is 10.1. The predicted octanol–water partition coefficient (Wildman–Crippen LogP) is 2.98. The van der Waals surface area contributed by atoms with E-state index in [1.165, 1.54) is 0 Å². The van der Waals surface area contributed by atoms with Gasteiger partial charge in [0.25, 0.3) is 0 Å². The zero-order valence-electron chi connectivity index (χ0n) is 10.4. The van der Waals surface area contributed by atoms with Crippen molar-refractivity contribution < 1.29 is 4.74 Å². The van der Waals surface area contributed by atoms with Crippen LogP contribution >= 0.6 is 11.6 Å². The maximum absolute atomic E-state index is 6.18. The summed E-state index contributed by atoms with van der Waals surface area (Å²) in [6.07, 6.45) is 0.0996. The highest BCUT2D eigenvalue weighted by Gasteiger charge is 2.08. The van der Waals surface area contributed by atoms with Crippen molar-refractivity contribution in [3.63, 3.8) is 0 Å². The van der Waals surface area contributed by atoms with Gasteiger partial charge in [-0.05, 0) is 38.1 Å². The summed E-state index contributed by atoms with van der Waals surface area (Å²) in [6.45, 7) is 4.37. The van der Waals surface area contributed by atoms with Gasteiger partial charge in [-0.3, -0.25) is 5.10 Å². The number of aromatic nitrogens is 2. The smallest absolute Gasteiger partial charge is 0.138 e. The molecule has 1 aromatic heterocycles. The largest absolute Gasteiger partial charge is 0.489 e. The highest BCUT2D eigenvalue weighted by molar-refractivity contribution is 6.32. The minimum Gasteiger partial charge on any atom is -0.489 e. The van der Waals surface area contributed by atoms with Crippen LogP contribution in [0.15, 0.2) is 24.3 Å². The Morgan fingerprint density at radius 3 is 2.72 bits per heavy atom. The number of benzene rings is 1. The number of hydrogen-bond donors (Lipinski definition) is 2. The Morgan fingerprint density at radius 1 is 1.39 bits per heavy atom. The Bertz CT molecular complexity index is 537. The molecule has 18 heavy (non-hydrogen) atoms. The number of hydrogen-bond acceptors (Lipinski definition) is 3. The quantitative estimate of drug-likeness (QED) is 0.893. The van der Waals surface area contributed by atoms with Gasteiger partial charge in [0.2, 0.25) is 0 Å². The highest BCUT2D eigenvalue weighted by Crippen LogP contribution is 2.30. The van der Waals surface area contributed by atoms with Crippen LogP contribution in [0, 0.1) is 0 Å². The molecule has 0 unspecified atom stereocenters. The predicted molar refractivity (Wildman–Crippen MR) is 72.7 cm³/mol. The molecule has 0 saturated heterocycles. The molecule has 1 aromatic carbocycles. The van der Waals surface area contributed by atoms with Gasteiger partial charge in [0.15, 0.2) is 0 Å². The van der Waals surface area contributed by atoms with Gasteiger partial charge in [0.05, 0.1) is 16.8 Å². The Balaban J connectivity index is 2.28. The normalized spacial score (nSPS) is 10.9. The molecule has 0 bridgehead atoms. The molecule has 0 atom stereocenters. The molecule has 96 valence electrons. The summed E-state index contributed by atoms with van der Waals surface area (Å²) in [7, 11) is 0. The molecule has 4 nitrogen and oxygen atoms in total. The fourth-order valence-corrected chi connectivity index (χ4v) is 1.85. The van der Waals surface area contributed by atoms with Crippen LogP contribution in [0.4, 0.5) is 0 Å². The van der Waals surface area contributed by atoms with Gasteiger partial charge in [-0.1, -0.05) is 11.6 Å². The second kappa shape index (κ2) is 5.42. The number of aromatic amines is 1. The van der Waals surface area contributed by atoms with E-state index in [4.69, 9.17) is 22.1 Å². The Hall–Kier alpha value is -1.52. The molecular formula is C13H16ClN3O. The van der Waals surface area contributed by atoms with Crippen LogP contribution in [0.3, 0.4) is 0 Å². The van der Waals surface area contributed by atoms with Crippen molar-refractivity contribution in [2.75, 3.05) is 0 Å². The molecule has 0 aliphatic heterocycles. The molecular weight excluding hydrogens is 250 g/mol. The third kappa shape index (κ3) is 2.83. The van der Waals surface area contributed by atoms with Crippen LogP contribution in [-0.4, -0.2) is 16.3 Å². The van der Waals surface area contributed by atoms with Gasteiger partial charge in [-0.15, -0.1) is 0 Å². The summed E-state index contributed by atoms with van der Waals surface area (Å²) in [5.74, 6) is 0.685. The summed E-state index contributed by atoms with van der Waals surface area (Å²) in [4.78, 5) is 0. The lowest BCUT2D eigenvalue weighted by molar-refractivity contribution is 0.242. The first kappa shape index (κ1) is 12.9. The lowest BCUT2D eigenvalue weighted by Gasteiger charge is -2.11. The van der Waals surface area contributed by atoms with Crippen LogP contribution in [0.1, 0.15) is 19.5 Å². The SMILES string of the molecule is CC(C)Oc1ccc(-c2cc(CN)[nH]n2)cc1Cl. The molecule has 0 aliphatic carbocycles. The molecule has 2 rings (SSSR count). The molecule has 0 spiro atoms. The molecule has 0 radical (unpaired) electrons. The van der Waals surface area contributed by atoms with E-state index in [1.807, 2.05) is 38.1 Å². The Morgan fingerprint density at radius 2 is 2.17 bits per heavy atom. The fraction of sp³-hybridized carbons (Fsp3) is 0.308. The van der Waals surface area contributed by atoms with Crippen molar-refractivity contribution in [3.05, 3.63) is 35.0 Å². The van der Waals surface area contributed by atoms with Gasteiger partial charge in [0, 0.05) is 17.8 Å². The topological polar surface area (TPSA) is 63.9 Å². The van der Waals surface area contributed by atoms with Crippen molar-refractivity contribution in [1.29, 1.82) is 0 Å². The third-order valence-electron chi connectivity index (χ3n) is 2.44. The molecule has 5 heteroatoms. The molecule has 0 amide bonds. The first-order valence-electron chi connectivity index (χ1n) is 5.81. The van der Waals surface area contributed by atoms with Gasteiger partial charge < -0.3 is 10.5 Å². The second-order valence-electron chi connectivity index (χ2n) is 4.29. The van der Waals surface area contributed by atoms with E-state index in [0.717, 1.165) is 17.0 Å². The van der Waals surface area contributed by atoms with E-state index in [-0.39, 0.29) is 6.10 Å². The molecule has 0 aliphatic rings. The fourth-order valence-electron chi connectivity index (χ4n) is 1.62. The molecule has 2 aromatic rings. The van der Waals surface area contributed by atoms with Crippen LogP contribution in [0.25, 0.3) is 11.3 Å². The summed E-state index contributed by atoms with van der Waals surface area (Å²) in [5, 5.41) is 7.64. The van der Waals surface area contributed by atoms with Crippen molar-refractivity contribution in [2.45, 2.75) is 26.5 Å². The van der Waals surface area contributed by atoms with E-state index in [1.54, 1.807) is 0 Å². The van der Waals surface area contributed by atoms with Crippen molar-refractivity contribution in [2.24, 2.45) is 5.73 Å². The van der Waals surface area contributed by atoms with Crippen LogP contribution in [0.2, 0.25) is 5.02 Å². The Labute approximate surface area is 111 Å². The summed E-state index contributed by atoms with van der Waals surface area (Å²) in [6, 6.07) is 7.54. The zero-order chi connectivity index (χ0) is 13.1. The maximum Gasteiger partial charge on any atom is 0.138 e. The molecule has 0 fully saturated rings. The Kier molecular flexibility index (Phi) is 3.89. The number of rotatable bonds is 4. The van der Waals surface area contributed by atoms with E-state index in [2.05, 4.69) is 10.2 Å². The minimum absolute atomic E-state index is 0.0996. The number of H-pyrrole nitrogens is 1. The van der Waals surface area contributed by atoms with E-state index in [0.29, 0.717) is 17.3 Å². The molecule has 1 heterocycles. The minimum atomic E-state index is 0.0996. The van der Waals surface area contributed by atoms with E-state index < -0.39 is 0 Å². The van der Waals surface area contributed by atoms with Gasteiger partial charge in [-0.2, -0.15) is 5.10 Å². The lowest BCUT2D eigenvalue weighted by Crippen LogP contribution is -2.05. The van der Waals surface area contributed by atoms with Crippen molar-refractivity contribution in [1.82, 2.24) is 10.2 Å². The number of nitrogens with one attached hydrogen (secondary N) is 1. The average Bonchev–Trinajstić information content (AvgIpc) is 2.80. The van der Waals surface area contributed by atoms with Crippen molar-refractivity contribution in [3.8, 4) is 17.0 Å². The number of nitrogens with two attached hydrogens (primary N) is 1. The number of ether oxygens (including phenoxy) is 1. The monoisotopic (exact) mass is 265 g/mol. The zero-order valence-corrected chi connectivity index (χ0v) is 11.2.